The predicted molar refractivity (Wildman–Crippen MR) is 107 cm³/mol. The quantitative estimate of drug-likeness (QED) is 0.352. The summed E-state index contributed by atoms with van der Waals surface area (Å²) in [6.07, 6.45) is 5.60. The highest BCUT2D eigenvalue weighted by Crippen LogP contribution is 2.35. The van der Waals surface area contributed by atoms with Gasteiger partial charge in [0.15, 0.2) is 5.16 Å². The van der Waals surface area contributed by atoms with E-state index in [9.17, 15) is 4.79 Å². The molecule has 5 heteroatoms. The minimum absolute atomic E-state index is 0.146. The number of nitrogens with zero attached hydrogens (tertiary/aromatic N) is 2. The van der Waals surface area contributed by atoms with Gasteiger partial charge in [0.1, 0.15) is 4.83 Å². The molecule has 3 nitrogen and oxygen atoms in total. The second-order valence-corrected chi connectivity index (χ2v) is 8.66. The number of aromatic nitrogens is 2. The third kappa shape index (κ3) is 3.27. The van der Waals surface area contributed by atoms with Crippen LogP contribution in [-0.2, 0) is 19.4 Å². The molecule has 0 unspecified atom stereocenters. The zero-order valence-electron chi connectivity index (χ0n) is 14.5. The fourth-order valence-electron chi connectivity index (χ4n) is 3.38. The summed E-state index contributed by atoms with van der Waals surface area (Å²) in [7, 11) is 0. The van der Waals surface area contributed by atoms with Crippen LogP contribution in [0.5, 0.6) is 0 Å². The van der Waals surface area contributed by atoms with Crippen LogP contribution in [0.25, 0.3) is 10.2 Å². The molecule has 130 valence electrons. The third-order valence-corrected chi connectivity index (χ3v) is 6.95. The molecule has 0 saturated carbocycles. The standard InChI is InChI=1S/C20H22N2OS2/c1-2-3-12-24-20-21-18-17(15-10-7-11-16(15)25-18)19(23)22(20)13-14-8-5-4-6-9-14/h4-6,8-9H,2-3,7,10-13H2,1H3. The molecule has 2 aromatic heterocycles. The number of hydrogen-bond acceptors (Lipinski definition) is 4. The molecule has 0 amide bonds. The first-order chi connectivity index (χ1) is 12.3. The van der Waals surface area contributed by atoms with Crippen molar-refractivity contribution >= 4 is 33.3 Å². The first kappa shape index (κ1) is 16.9. The van der Waals surface area contributed by atoms with Gasteiger partial charge >= 0.3 is 0 Å². The van der Waals surface area contributed by atoms with Gasteiger partial charge in [-0.15, -0.1) is 11.3 Å². The monoisotopic (exact) mass is 370 g/mol. The van der Waals surface area contributed by atoms with Gasteiger partial charge in [-0.25, -0.2) is 4.98 Å². The molecule has 0 radical (unpaired) electrons. The third-order valence-electron chi connectivity index (χ3n) is 4.70. The molecule has 0 saturated heterocycles. The van der Waals surface area contributed by atoms with Gasteiger partial charge in [-0.1, -0.05) is 55.4 Å². The summed E-state index contributed by atoms with van der Waals surface area (Å²) in [6, 6.07) is 10.2. The van der Waals surface area contributed by atoms with E-state index < -0.39 is 0 Å². The van der Waals surface area contributed by atoms with Crippen LogP contribution in [-0.4, -0.2) is 15.3 Å². The van der Waals surface area contributed by atoms with Crippen LogP contribution in [0, 0.1) is 0 Å². The molecule has 3 aromatic rings. The van der Waals surface area contributed by atoms with Gasteiger partial charge in [-0.2, -0.15) is 0 Å². The zero-order chi connectivity index (χ0) is 17.2. The number of thioether (sulfide) groups is 1. The number of rotatable bonds is 6. The second-order valence-electron chi connectivity index (χ2n) is 6.51. The van der Waals surface area contributed by atoms with Crippen LogP contribution in [0.15, 0.2) is 40.3 Å². The molecule has 1 aromatic carbocycles. The number of thiophene rings is 1. The van der Waals surface area contributed by atoms with Crippen molar-refractivity contribution < 1.29 is 0 Å². The van der Waals surface area contributed by atoms with Crippen molar-refractivity contribution in [1.29, 1.82) is 0 Å². The predicted octanol–water partition coefficient (Wildman–Crippen LogP) is 4.89. The summed E-state index contributed by atoms with van der Waals surface area (Å²) in [5.41, 5.74) is 2.56. The van der Waals surface area contributed by atoms with Crippen LogP contribution >= 0.6 is 23.1 Å². The minimum Gasteiger partial charge on any atom is -0.283 e. The van der Waals surface area contributed by atoms with Crippen molar-refractivity contribution in [2.24, 2.45) is 0 Å². The van der Waals surface area contributed by atoms with Crippen molar-refractivity contribution in [3.05, 3.63) is 56.7 Å². The lowest BCUT2D eigenvalue weighted by atomic mass is 10.2. The van der Waals surface area contributed by atoms with E-state index in [2.05, 4.69) is 19.1 Å². The van der Waals surface area contributed by atoms with Crippen molar-refractivity contribution in [2.75, 3.05) is 5.75 Å². The Bertz CT molecular complexity index is 944. The van der Waals surface area contributed by atoms with E-state index in [0.717, 1.165) is 52.4 Å². The summed E-state index contributed by atoms with van der Waals surface area (Å²) in [6.45, 7) is 2.79. The van der Waals surface area contributed by atoms with E-state index in [4.69, 9.17) is 4.98 Å². The molecule has 4 rings (SSSR count). The highest BCUT2D eigenvalue weighted by atomic mass is 32.2. The van der Waals surface area contributed by atoms with Gasteiger partial charge in [-0.3, -0.25) is 9.36 Å². The van der Waals surface area contributed by atoms with Crippen LogP contribution in [0.4, 0.5) is 0 Å². The Balaban J connectivity index is 1.82. The lowest BCUT2D eigenvalue weighted by Gasteiger charge is -2.12. The van der Waals surface area contributed by atoms with Crippen molar-refractivity contribution in [2.45, 2.75) is 50.7 Å². The van der Waals surface area contributed by atoms with Gasteiger partial charge in [0.2, 0.25) is 0 Å². The molecule has 0 bridgehead atoms. The lowest BCUT2D eigenvalue weighted by molar-refractivity contribution is 0.658. The Labute approximate surface area is 156 Å². The van der Waals surface area contributed by atoms with Gasteiger partial charge in [0.05, 0.1) is 11.9 Å². The van der Waals surface area contributed by atoms with E-state index in [1.54, 1.807) is 23.1 Å². The summed E-state index contributed by atoms with van der Waals surface area (Å²) >= 11 is 3.45. The summed E-state index contributed by atoms with van der Waals surface area (Å²) in [5, 5.41) is 1.75. The Morgan fingerprint density at radius 3 is 2.88 bits per heavy atom. The summed E-state index contributed by atoms with van der Waals surface area (Å²) in [5.74, 6) is 1.01. The number of aryl methyl sites for hydroxylation is 2. The maximum absolute atomic E-state index is 13.3. The molecule has 0 fully saturated rings. The molecule has 1 aliphatic rings. The summed E-state index contributed by atoms with van der Waals surface area (Å²) < 4.78 is 1.89. The Morgan fingerprint density at radius 2 is 2.08 bits per heavy atom. The number of unbranched alkanes of at least 4 members (excludes halogenated alkanes) is 1. The maximum atomic E-state index is 13.3. The molecule has 2 heterocycles. The Kier molecular flexibility index (Phi) is 4.95. The first-order valence-electron chi connectivity index (χ1n) is 8.99. The van der Waals surface area contributed by atoms with Gasteiger partial charge < -0.3 is 0 Å². The van der Waals surface area contributed by atoms with Crippen molar-refractivity contribution in [3.8, 4) is 0 Å². The minimum atomic E-state index is 0.146. The average Bonchev–Trinajstić information content (AvgIpc) is 3.20. The van der Waals surface area contributed by atoms with Crippen LogP contribution < -0.4 is 5.56 Å². The molecule has 0 spiro atoms. The van der Waals surface area contributed by atoms with E-state index in [0.29, 0.717) is 6.54 Å². The Morgan fingerprint density at radius 1 is 1.24 bits per heavy atom. The molecule has 0 aliphatic heterocycles. The normalized spacial score (nSPS) is 13.5. The van der Waals surface area contributed by atoms with Gasteiger partial charge in [0.25, 0.3) is 5.56 Å². The number of hydrogen-bond donors (Lipinski definition) is 0. The van der Waals surface area contributed by atoms with E-state index in [-0.39, 0.29) is 5.56 Å². The maximum Gasteiger partial charge on any atom is 0.263 e. The van der Waals surface area contributed by atoms with Crippen molar-refractivity contribution in [1.82, 2.24) is 9.55 Å². The van der Waals surface area contributed by atoms with Crippen LogP contribution in [0.2, 0.25) is 0 Å². The highest BCUT2D eigenvalue weighted by Gasteiger charge is 2.23. The zero-order valence-corrected chi connectivity index (χ0v) is 16.1. The van der Waals surface area contributed by atoms with Gasteiger partial charge in [-0.05, 0) is 36.8 Å². The van der Waals surface area contributed by atoms with E-state index >= 15 is 0 Å². The fraction of sp³-hybridized carbons (Fsp3) is 0.400. The van der Waals surface area contributed by atoms with Crippen LogP contribution in [0.3, 0.4) is 0 Å². The first-order valence-corrected chi connectivity index (χ1v) is 10.8. The topological polar surface area (TPSA) is 34.9 Å². The Hall–Kier alpha value is -1.59. The fourth-order valence-corrected chi connectivity index (χ4v) is 5.77. The van der Waals surface area contributed by atoms with E-state index in [1.165, 1.54) is 16.9 Å². The largest absolute Gasteiger partial charge is 0.283 e. The molecule has 1 aliphatic carbocycles. The molecule has 0 N–H and O–H groups in total. The lowest BCUT2D eigenvalue weighted by Crippen LogP contribution is -2.24. The summed E-state index contributed by atoms with van der Waals surface area (Å²) in [4.78, 5) is 20.6. The highest BCUT2D eigenvalue weighted by molar-refractivity contribution is 7.99. The molecular formula is C20H22N2OS2. The van der Waals surface area contributed by atoms with E-state index in [1.807, 2.05) is 22.8 Å². The van der Waals surface area contributed by atoms with Crippen molar-refractivity contribution in [3.63, 3.8) is 0 Å². The number of benzene rings is 1. The molecule has 0 atom stereocenters. The van der Waals surface area contributed by atoms with Gasteiger partial charge in [0, 0.05) is 10.6 Å². The SMILES string of the molecule is CCCCSc1nc2sc3c(c2c(=O)n1Cc1ccccc1)CCC3. The second kappa shape index (κ2) is 7.34. The molecular weight excluding hydrogens is 348 g/mol. The molecule has 25 heavy (non-hydrogen) atoms. The van der Waals surface area contributed by atoms with Crippen LogP contribution in [0.1, 0.15) is 42.2 Å². The average molecular weight is 371 g/mol. The smallest absolute Gasteiger partial charge is 0.263 e. The number of fused-ring (bicyclic) bond motifs is 3.